The van der Waals surface area contributed by atoms with Crippen molar-refractivity contribution in [1.29, 1.82) is 0 Å². The average molecular weight is 337 g/mol. The number of anilines is 1. The van der Waals surface area contributed by atoms with Crippen LogP contribution in [0.4, 0.5) is 5.13 Å². The molecule has 2 heterocycles. The molecule has 0 saturated carbocycles. The Morgan fingerprint density at radius 3 is 2.83 bits per heavy atom. The molecule has 1 aliphatic rings. The van der Waals surface area contributed by atoms with Crippen molar-refractivity contribution < 1.29 is 9.47 Å². The molecule has 24 heavy (non-hydrogen) atoms. The van der Waals surface area contributed by atoms with Crippen LogP contribution in [0.2, 0.25) is 0 Å². The van der Waals surface area contributed by atoms with Gasteiger partial charge in [-0.2, -0.15) is 5.10 Å². The summed E-state index contributed by atoms with van der Waals surface area (Å²) in [6.45, 7) is 2.21. The quantitative estimate of drug-likeness (QED) is 0.567. The fraction of sp³-hybridized carbons (Fsp3) is 0.111. The summed E-state index contributed by atoms with van der Waals surface area (Å²) >= 11 is 1.53. The van der Waals surface area contributed by atoms with Gasteiger partial charge in [-0.05, 0) is 25.1 Å². The minimum absolute atomic E-state index is 0.272. The Morgan fingerprint density at radius 2 is 1.96 bits per heavy atom. The fourth-order valence-electron chi connectivity index (χ4n) is 2.38. The van der Waals surface area contributed by atoms with E-state index in [0.29, 0.717) is 0 Å². The van der Waals surface area contributed by atoms with E-state index in [9.17, 15) is 0 Å². The van der Waals surface area contributed by atoms with E-state index in [1.165, 1.54) is 11.3 Å². The van der Waals surface area contributed by atoms with E-state index in [-0.39, 0.29) is 6.79 Å². The van der Waals surface area contributed by atoms with Crippen LogP contribution < -0.4 is 14.9 Å². The van der Waals surface area contributed by atoms with Gasteiger partial charge in [-0.25, -0.2) is 4.98 Å². The summed E-state index contributed by atoms with van der Waals surface area (Å²) < 4.78 is 10.7. The van der Waals surface area contributed by atoms with E-state index in [2.05, 4.69) is 15.5 Å². The number of aromatic nitrogens is 1. The summed E-state index contributed by atoms with van der Waals surface area (Å²) in [4.78, 5) is 4.56. The number of fused-ring (bicyclic) bond motifs is 1. The molecule has 0 amide bonds. The second-order valence-electron chi connectivity index (χ2n) is 5.28. The summed E-state index contributed by atoms with van der Waals surface area (Å²) in [5.41, 5.74) is 6.89. The maximum atomic E-state index is 5.40. The highest BCUT2D eigenvalue weighted by Gasteiger charge is 2.14. The monoisotopic (exact) mass is 337 g/mol. The van der Waals surface area contributed by atoms with Gasteiger partial charge in [0.05, 0.1) is 11.4 Å². The minimum Gasteiger partial charge on any atom is -0.454 e. The van der Waals surface area contributed by atoms with Crippen molar-refractivity contribution in [1.82, 2.24) is 4.98 Å². The Bertz CT molecular complexity index is 890. The lowest BCUT2D eigenvalue weighted by atomic mass is 10.1. The molecule has 120 valence electrons. The topological polar surface area (TPSA) is 55.7 Å². The number of hydrogen-bond acceptors (Lipinski definition) is 6. The fourth-order valence-corrected chi connectivity index (χ4v) is 3.05. The molecule has 6 heteroatoms. The molecular formula is C18H15N3O2S. The van der Waals surface area contributed by atoms with Gasteiger partial charge in [-0.3, -0.25) is 5.43 Å². The molecule has 1 aromatic heterocycles. The van der Waals surface area contributed by atoms with Crippen molar-refractivity contribution >= 4 is 22.2 Å². The predicted molar refractivity (Wildman–Crippen MR) is 95.9 cm³/mol. The average Bonchev–Trinajstić information content (AvgIpc) is 3.29. The molecular weight excluding hydrogens is 322 g/mol. The lowest BCUT2D eigenvalue weighted by molar-refractivity contribution is 0.174. The summed E-state index contributed by atoms with van der Waals surface area (Å²) in [6.07, 6.45) is 0. The Labute approximate surface area is 143 Å². The van der Waals surface area contributed by atoms with E-state index in [0.717, 1.165) is 39.2 Å². The van der Waals surface area contributed by atoms with Gasteiger partial charge < -0.3 is 9.47 Å². The lowest BCUT2D eigenvalue weighted by Crippen LogP contribution is -1.99. The first kappa shape index (κ1) is 14.7. The molecule has 0 unspecified atom stereocenters. The van der Waals surface area contributed by atoms with Crippen LogP contribution in [0.5, 0.6) is 11.5 Å². The highest BCUT2D eigenvalue weighted by Crippen LogP contribution is 2.32. The van der Waals surface area contributed by atoms with E-state index in [1.807, 2.05) is 60.8 Å². The first-order valence-electron chi connectivity index (χ1n) is 7.51. The molecule has 0 atom stereocenters. The smallest absolute Gasteiger partial charge is 0.231 e. The van der Waals surface area contributed by atoms with Gasteiger partial charge in [0.25, 0.3) is 0 Å². The molecule has 1 aliphatic heterocycles. The molecule has 3 aromatic rings. The zero-order valence-electron chi connectivity index (χ0n) is 13.0. The van der Waals surface area contributed by atoms with Crippen LogP contribution in [-0.4, -0.2) is 17.5 Å². The van der Waals surface area contributed by atoms with Crippen molar-refractivity contribution in [3.63, 3.8) is 0 Å². The molecule has 5 nitrogen and oxygen atoms in total. The third kappa shape index (κ3) is 2.96. The number of rotatable bonds is 4. The van der Waals surface area contributed by atoms with Gasteiger partial charge in [0, 0.05) is 16.5 Å². The summed E-state index contributed by atoms with van der Waals surface area (Å²) in [5.74, 6) is 1.52. The van der Waals surface area contributed by atoms with Crippen molar-refractivity contribution in [2.45, 2.75) is 6.92 Å². The van der Waals surface area contributed by atoms with E-state index >= 15 is 0 Å². The van der Waals surface area contributed by atoms with Crippen LogP contribution in [0.25, 0.3) is 11.3 Å². The molecule has 0 aliphatic carbocycles. The summed E-state index contributed by atoms with van der Waals surface area (Å²) in [7, 11) is 0. The standard InChI is InChI=1S/C18H15N3O2S/c1-12(14-7-8-16-17(9-14)23-11-22-16)20-21-18-19-15(10-24-18)13-5-3-2-4-6-13/h2-10H,11H2,1H3,(H,19,21)/b20-12-. The number of hydrogen-bond donors (Lipinski definition) is 1. The van der Waals surface area contributed by atoms with Crippen LogP contribution in [0.15, 0.2) is 59.0 Å². The molecule has 4 rings (SSSR count). The zero-order valence-corrected chi connectivity index (χ0v) is 13.8. The van der Waals surface area contributed by atoms with E-state index < -0.39 is 0 Å². The van der Waals surface area contributed by atoms with Gasteiger partial charge in [0.2, 0.25) is 11.9 Å². The second kappa shape index (κ2) is 6.33. The number of ether oxygens (including phenoxy) is 2. The van der Waals surface area contributed by atoms with Crippen LogP contribution in [0.3, 0.4) is 0 Å². The van der Waals surface area contributed by atoms with Crippen molar-refractivity contribution in [3.05, 3.63) is 59.5 Å². The SMILES string of the molecule is C/C(=N/Nc1nc(-c2ccccc2)cs1)c1ccc2c(c1)OCO2. The Hall–Kier alpha value is -2.86. The van der Waals surface area contributed by atoms with Gasteiger partial charge in [0.15, 0.2) is 11.5 Å². The molecule has 0 saturated heterocycles. The number of nitrogens with one attached hydrogen (secondary N) is 1. The highest BCUT2D eigenvalue weighted by atomic mass is 32.1. The maximum Gasteiger partial charge on any atom is 0.231 e. The first-order valence-corrected chi connectivity index (χ1v) is 8.39. The molecule has 0 bridgehead atoms. The summed E-state index contributed by atoms with van der Waals surface area (Å²) in [5, 5.41) is 7.19. The molecule has 0 radical (unpaired) electrons. The van der Waals surface area contributed by atoms with E-state index in [1.54, 1.807) is 0 Å². The second-order valence-corrected chi connectivity index (χ2v) is 6.14. The minimum atomic E-state index is 0.272. The van der Waals surface area contributed by atoms with Gasteiger partial charge in [-0.15, -0.1) is 11.3 Å². The number of thiazole rings is 1. The largest absolute Gasteiger partial charge is 0.454 e. The highest BCUT2D eigenvalue weighted by molar-refractivity contribution is 7.14. The van der Waals surface area contributed by atoms with Crippen LogP contribution in [0, 0.1) is 0 Å². The molecule has 1 N–H and O–H groups in total. The molecule has 0 fully saturated rings. The first-order chi connectivity index (χ1) is 11.8. The van der Waals surface area contributed by atoms with Crippen molar-refractivity contribution in [2.24, 2.45) is 5.10 Å². The third-order valence-electron chi connectivity index (χ3n) is 3.68. The van der Waals surface area contributed by atoms with E-state index in [4.69, 9.17) is 9.47 Å². The Morgan fingerprint density at radius 1 is 1.12 bits per heavy atom. The van der Waals surface area contributed by atoms with Gasteiger partial charge in [0.1, 0.15) is 0 Å². The van der Waals surface area contributed by atoms with Crippen molar-refractivity contribution in [3.8, 4) is 22.8 Å². The molecule has 0 spiro atoms. The van der Waals surface area contributed by atoms with Gasteiger partial charge >= 0.3 is 0 Å². The third-order valence-corrected chi connectivity index (χ3v) is 4.43. The maximum absolute atomic E-state index is 5.40. The van der Waals surface area contributed by atoms with Crippen LogP contribution in [0.1, 0.15) is 12.5 Å². The van der Waals surface area contributed by atoms with Crippen LogP contribution in [-0.2, 0) is 0 Å². The Balaban J connectivity index is 1.50. The number of hydrazone groups is 1. The van der Waals surface area contributed by atoms with Gasteiger partial charge in [-0.1, -0.05) is 30.3 Å². The summed E-state index contributed by atoms with van der Waals surface area (Å²) in [6, 6.07) is 15.9. The number of nitrogens with zero attached hydrogens (tertiary/aromatic N) is 2. The number of benzene rings is 2. The zero-order chi connectivity index (χ0) is 16.4. The lowest BCUT2D eigenvalue weighted by Gasteiger charge is -2.03. The molecule has 2 aromatic carbocycles. The van der Waals surface area contributed by atoms with Crippen LogP contribution >= 0.6 is 11.3 Å². The predicted octanol–water partition coefficient (Wildman–Crippen LogP) is 4.37. The normalized spacial score (nSPS) is 13.1. The Kier molecular flexibility index (Phi) is 3.88. The van der Waals surface area contributed by atoms with Crippen molar-refractivity contribution in [2.75, 3.05) is 12.2 Å².